The first-order chi connectivity index (χ1) is 15.6. The lowest BCUT2D eigenvalue weighted by Gasteiger charge is -2.24. The lowest BCUT2D eigenvalue weighted by molar-refractivity contribution is -0.134. The van der Waals surface area contributed by atoms with Gasteiger partial charge in [0.2, 0.25) is 5.95 Å². The predicted molar refractivity (Wildman–Crippen MR) is 120 cm³/mol. The fourth-order valence-corrected chi connectivity index (χ4v) is 4.43. The number of benzene rings is 1. The molecule has 0 bridgehead atoms. The Labute approximate surface area is 184 Å². The number of pyridine rings is 1. The fraction of sp³-hybridized carbons (Fsp3) is 0.250. The van der Waals surface area contributed by atoms with E-state index in [9.17, 15) is 4.79 Å². The van der Waals surface area contributed by atoms with E-state index in [-0.39, 0.29) is 18.4 Å². The van der Waals surface area contributed by atoms with Gasteiger partial charge in [-0.05, 0) is 37.5 Å². The maximum absolute atomic E-state index is 10.7. The summed E-state index contributed by atoms with van der Waals surface area (Å²) in [6.45, 7) is -0.225. The van der Waals surface area contributed by atoms with E-state index < -0.39 is 5.97 Å². The first kappa shape index (κ1) is 20.0. The number of rotatable bonds is 6. The van der Waals surface area contributed by atoms with Gasteiger partial charge in [0.05, 0.1) is 18.5 Å². The number of aliphatic carboxylic acids is 1. The Morgan fingerprint density at radius 2 is 2.00 bits per heavy atom. The first-order valence-electron chi connectivity index (χ1n) is 10.6. The standard InChI is InChI=1S/C24H23N5O3/c1-32-20-8-3-2-5-17(20)18-6-4-7-19-23(18)29-14-15(9-10-21(29)28-19)16-11-25-24(26-12-16)27-13-22(30)31/h2-3,5,8-12,14,18H,4,6-7,13H2,1H3,(H,30,31)(H,25,26,27). The number of ether oxygens (including phenoxy) is 1. The third-order valence-electron chi connectivity index (χ3n) is 5.87. The van der Waals surface area contributed by atoms with Gasteiger partial charge in [-0.25, -0.2) is 15.0 Å². The maximum atomic E-state index is 10.7. The molecule has 3 aromatic heterocycles. The SMILES string of the molecule is COc1ccccc1C1CCCc2nc3ccc(-c4cnc(NCC(=O)O)nc4)cn3c21. The second-order valence-electron chi connectivity index (χ2n) is 7.82. The molecule has 1 atom stereocenters. The van der Waals surface area contributed by atoms with Crippen LogP contribution in [0.1, 0.15) is 35.7 Å². The Kier molecular flexibility index (Phi) is 5.18. The molecule has 162 valence electrons. The summed E-state index contributed by atoms with van der Waals surface area (Å²) in [6, 6.07) is 12.2. The number of imidazole rings is 1. The van der Waals surface area contributed by atoms with E-state index in [4.69, 9.17) is 14.8 Å². The number of carboxylic acid groups (broad SMARTS) is 1. The molecule has 0 saturated heterocycles. The summed E-state index contributed by atoms with van der Waals surface area (Å²) in [6.07, 6.45) is 8.56. The molecule has 1 unspecified atom stereocenters. The van der Waals surface area contributed by atoms with Crippen LogP contribution >= 0.6 is 0 Å². The van der Waals surface area contributed by atoms with Crippen molar-refractivity contribution in [3.8, 4) is 16.9 Å². The van der Waals surface area contributed by atoms with Crippen LogP contribution in [-0.4, -0.2) is 44.1 Å². The molecule has 32 heavy (non-hydrogen) atoms. The van der Waals surface area contributed by atoms with Gasteiger partial charge in [-0.15, -0.1) is 0 Å². The largest absolute Gasteiger partial charge is 0.496 e. The molecule has 5 rings (SSSR count). The number of nitrogens with zero attached hydrogens (tertiary/aromatic N) is 4. The Morgan fingerprint density at radius 3 is 2.78 bits per heavy atom. The average molecular weight is 429 g/mol. The van der Waals surface area contributed by atoms with Crippen molar-refractivity contribution in [3.63, 3.8) is 0 Å². The number of para-hydroxylation sites is 1. The summed E-state index contributed by atoms with van der Waals surface area (Å²) in [5.41, 5.74) is 6.25. The highest BCUT2D eigenvalue weighted by Gasteiger charge is 2.28. The molecular weight excluding hydrogens is 406 g/mol. The van der Waals surface area contributed by atoms with Crippen molar-refractivity contribution in [2.24, 2.45) is 0 Å². The quantitative estimate of drug-likeness (QED) is 0.481. The molecule has 0 fully saturated rings. The highest BCUT2D eigenvalue weighted by molar-refractivity contribution is 5.72. The van der Waals surface area contributed by atoms with Crippen LogP contribution in [0, 0.1) is 0 Å². The van der Waals surface area contributed by atoms with Crippen molar-refractivity contribution in [3.05, 3.63) is 71.9 Å². The highest BCUT2D eigenvalue weighted by atomic mass is 16.5. The molecule has 1 aromatic carbocycles. The van der Waals surface area contributed by atoms with Gasteiger partial charge in [0.15, 0.2) is 0 Å². The molecule has 2 N–H and O–H groups in total. The van der Waals surface area contributed by atoms with Crippen LogP contribution < -0.4 is 10.1 Å². The monoisotopic (exact) mass is 429 g/mol. The number of anilines is 1. The van der Waals surface area contributed by atoms with E-state index in [2.05, 4.69) is 38.0 Å². The molecule has 3 heterocycles. The maximum Gasteiger partial charge on any atom is 0.322 e. The second-order valence-corrected chi connectivity index (χ2v) is 7.82. The van der Waals surface area contributed by atoms with Gasteiger partial charge in [-0.2, -0.15) is 0 Å². The zero-order valence-electron chi connectivity index (χ0n) is 17.7. The van der Waals surface area contributed by atoms with Gasteiger partial charge in [-0.1, -0.05) is 18.2 Å². The van der Waals surface area contributed by atoms with Gasteiger partial charge in [-0.3, -0.25) is 4.79 Å². The minimum Gasteiger partial charge on any atom is -0.496 e. The van der Waals surface area contributed by atoms with Crippen molar-refractivity contribution in [1.82, 2.24) is 19.4 Å². The fourth-order valence-electron chi connectivity index (χ4n) is 4.43. The lowest BCUT2D eigenvalue weighted by atomic mass is 9.84. The summed E-state index contributed by atoms with van der Waals surface area (Å²) in [5, 5.41) is 11.5. The summed E-state index contributed by atoms with van der Waals surface area (Å²) in [7, 11) is 1.71. The molecule has 1 aliphatic rings. The van der Waals surface area contributed by atoms with E-state index in [1.54, 1.807) is 19.5 Å². The van der Waals surface area contributed by atoms with Crippen LogP contribution in [-0.2, 0) is 11.2 Å². The number of hydrogen-bond acceptors (Lipinski definition) is 6. The van der Waals surface area contributed by atoms with Gasteiger partial charge in [0.1, 0.15) is 17.9 Å². The highest BCUT2D eigenvalue weighted by Crippen LogP contribution is 2.41. The number of fused-ring (bicyclic) bond motifs is 3. The van der Waals surface area contributed by atoms with Crippen molar-refractivity contribution in [1.29, 1.82) is 0 Å². The first-order valence-corrected chi connectivity index (χ1v) is 10.6. The van der Waals surface area contributed by atoms with Crippen molar-refractivity contribution >= 4 is 17.6 Å². The summed E-state index contributed by atoms with van der Waals surface area (Å²) in [5.74, 6) is 0.430. The number of nitrogens with one attached hydrogen (secondary N) is 1. The number of aromatic nitrogens is 4. The van der Waals surface area contributed by atoms with Crippen molar-refractivity contribution < 1.29 is 14.6 Å². The number of hydrogen-bond donors (Lipinski definition) is 2. The number of carboxylic acids is 1. The van der Waals surface area contributed by atoms with E-state index in [0.717, 1.165) is 47.5 Å². The van der Waals surface area contributed by atoms with E-state index in [0.29, 0.717) is 0 Å². The average Bonchev–Trinajstić information content (AvgIpc) is 3.21. The van der Waals surface area contributed by atoms with E-state index >= 15 is 0 Å². The second kappa shape index (κ2) is 8.30. The molecule has 0 radical (unpaired) electrons. The summed E-state index contributed by atoms with van der Waals surface area (Å²) in [4.78, 5) is 24.1. The van der Waals surface area contributed by atoms with Gasteiger partial charge < -0.3 is 19.6 Å². The molecule has 4 aromatic rings. The Hall–Kier alpha value is -3.94. The third-order valence-corrected chi connectivity index (χ3v) is 5.87. The lowest BCUT2D eigenvalue weighted by Crippen LogP contribution is -2.14. The van der Waals surface area contributed by atoms with Crippen LogP contribution in [0.4, 0.5) is 5.95 Å². The van der Waals surface area contributed by atoms with Gasteiger partial charge >= 0.3 is 5.97 Å². The predicted octanol–water partition coefficient (Wildman–Crippen LogP) is 3.76. The van der Waals surface area contributed by atoms with Crippen molar-refractivity contribution in [2.75, 3.05) is 19.0 Å². The minimum atomic E-state index is -0.961. The normalized spacial score (nSPS) is 15.3. The zero-order chi connectivity index (χ0) is 22.1. The van der Waals surface area contributed by atoms with Crippen molar-refractivity contribution in [2.45, 2.75) is 25.2 Å². The smallest absolute Gasteiger partial charge is 0.322 e. The molecule has 1 aliphatic carbocycles. The molecule has 0 aliphatic heterocycles. The number of carbonyl (C=O) groups is 1. The van der Waals surface area contributed by atoms with E-state index in [1.165, 1.54) is 11.3 Å². The number of methoxy groups -OCH3 is 1. The Bertz CT molecular complexity index is 1280. The zero-order valence-corrected chi connectivity index (χ0v) is 17.7. The van der Waals surface area contributed by atoms with Crippen LogP contribution in [0.15, 0.2) is 55.0 Å². The summed E-state index contributed by atoms with van der Waals surface area (Å²) < 4.78 is 7.83. The molecule has 8 heteroatoms. The number of aryl methyl sites for hydroxylation is 1. The Balaban J connectivity index is 1.54. The Morgan fingerprint density at radius 1 is 1.19 bits per heavy atom. The van der Waals surface area contributed by atoms with Gasteiger partial charge in [0.25, 0.3) is 0 Å². The van der Waals surface area contributed by atoms with Crippen LogP contribution in [0.5, 0.6) is 5.75 Å². The molecular formula is C24H23N5O3. The molecule has 0 spiro atoms. The topological polar surface area (TPSA) is 102 Å². The van der Waals surface area contributed by atoms with Crippen LogP contribution in [0.2, 0.25) is 0 Å². The summed E-state index contributed by atoms with van der Waals surface area (Å²) >= 11 is 0. The molecule has 0 amide bonds. The third kappa shape index (κ3) is 3.64. The molecule has 8 nitrogen and oxygen atoms in total. The van der Waals surface area contributed by atoms with E-state index in [1.807, 2.05) is 24.3 Å². The van der Waals surface area contributed by atoms with Gasteiger partial charge in [0, 0.05) is 41.2 Å². The molecule has 0 saturated carbocycles. The van der Waals surface area contributed by atoms with Crippen LogP contribution in [0.3, 0.4) is 0 Å². The van der Waals surface area contributed by atoms with Crippen LogP contribution in [0.25, 0.3) is 16.8 Å². The minimum absolute atomic E-state index is 0.207.